The van der Waals surface area contributed by atoms with Crippen LogP contribution >= 0.6 is 0 Å². The molecule has 1 unspecified atom stereocenters. The number of phenolic OH excluding ortho intramolecular Hbond substituents is 1. The van der Waals surface area contributed by atoms with Crippen LogP contribution < -0.4 is 5.32 Å². The summed E-state index contributed by atoms with van der Waals surface area (Å²) >= 11 is 0. The van der Waals surface area contributed by atoms with E-state index in [0.717, 1.165) is 12.1 Å². The van der Waals surface area contributed by atoms with Crippen molar-refractivity contribution in [3.63, 3.8) is 0 Å². The van der Waals surface area contributed by atoms with E-state index in [1.54, 1.807) is 12.1 Å². The zero-order valence-electron chi connectivity index (χ0n) is 14.8. The topological polar surface area (TPSA) is 76.4 Å². The summed E-state index contributed by atoms with van der Waals surface area (Å²) in [5.74, 6) is -0.0646. The maximum absolute atomic E-state index is 12.3. The van der Waals surface area contributed by atoms with Gasteiger partial charge in [-0.3, -0.25) is 9.48 Å². The summed E-state index contributed by atoms with van der Waals surface area (Å²) in [5.41, 5.74) is 3.75. The van der Waals surface area contributed by atoms with Gasteiger partial charge in [0, 0.05) is 18.3 Å². The van der Waals surface area contributed by atoms with Gasteiger partial charge in [-0.1, -0.05) is 30.3 Å². The van der Waals surface area contributed by atoms with Crippen LogP contribution in [-0.2, 0) is 17.7 Å². The quantitative estimate of drug-likeness (QED) is 0.731. The van der Waals surface area contributed by atoms with Gasteiger partial charge in [-0.15, -0.1) is 0 Å². The van der Waals surface area contributed by atoms with E-state index < -0.39 is 0 Å². The van der Waals surface area contributed by atoms with Gasteiger partial charge < -0.3 is 15.2 Å². The lowest BCUT2D eigenvalue weighted by molar-refractivity contribution is 0.0383. The molecule has 138 valence electrons. The van der Waals surface area contributed by atoms with E-state index in [1.807, 2.05) is 22.9 Å². The van der Waals surface area contributed by atoms with Gasteiger partial charge in [-0.05, 0) is 41.8 Å². The highest BCUT2D eigenvalue weighted by atomic mass is 16.5. The lowest BCUT2D eigenvalue weighted by Gasteiger charge is -2.22. The van der Waals surface area contributed by atoms with Crippen molar-refractivity contribution in [2.75, 3.05) is 13.2 Å². The number of nitrogens with zero attached hydrogens (tertiary/aromatic N) is 2. The molecule has 2 heterocycles. The Bertz CT molecular complexity index is 920. The molecule has 3 aromatic rings. The van der Waals surface area contributed by atoms with Gasteiger partial charge in [-0.25, -0.2) is 0 Å². The standard InChI is InChI=1S/C21H21N3O3/c25-18-8-6-16(7-9-18)21(26)22-12-19-20-17(10-11-27-19)14-24(23-20)13-15-4-2-1-3-5-15/h1-9,14,19,25H,10-13H2,(H,22,26). The minimum absolute atomic E-state index is 0.135. The minimum Gasteiger partial charge on any atom is -0.508 e. The van der Waals surface area contributed by atoms with E-state index in [0.29, 0.717) is 25.3 Å². The van der Waals surface area contributed by atoms with Crippen LogP contribution in [0.2, 0.25) is 0 Å². The molecular formula is C21H21N3O3. The minimum atomic E-state index is -0.258. The third-order valence-electron chi connectivity index (χ3n) is 4.63. The molecule has 1 aromatic heterocycles. The predicted octanol–water partition coefficient (Wildman–Crippen LogP) is 2.68. The Balaban J connectivity index is 1.43. The number of carbonyl (C=O) groups excluding carboxylic acids is 1. The van der Waals surface area contributed by atoms with E-state index in [4.69, 9.17) is 9.84 Å². The Morgan fingerprint density at radius 3 is 2.74 bits per heavy atom. The van der Waals surface area contributed by atoms with Gasteiger partial charge in [-0.2, -0.15) is 5.10 Å². The number of phenols is 1. The summed E-state index contributed by atoms with van der Waals surface area (Å²) < 4.78 is 7.78. The molecule has 0 saturated heterocycles. The summed E-state index contributed by atoms with van der Waals surface area (Å²) in [4.78, 5) is 12.3. The van der Waals surface area contributed by atoms with Crippen molar-refractivity contribution in [1.29, 1.82) is 0 Å². The number of ether oxygens (including phenoxy) is 1. The number of amides is 1. The first kappa shape index (κ1) is 17.3. The van der Waals surface area contributed by atoms with Gasteiger partial charge >= 0.3 is 0 Å². The Labute approximate surface area is 157 Å². The first-order chi connectivity index (χ1) is 13.2. The molecule has 2 aromatic carbocycles. The molecule has 1 atom stereocenters. The van der Waals surface area contributed by atoms with Crippen LogP contribution in [0.3, 0.4) is 0 Å². The molecule has 0 fully saturated rings. The second kappa shape index (κ2) is 7.63. The number of aromatic nitrogens is 2. The molecule has 0 aliphatic carbocycles. The summed E-state index contributed by atoms with van der Waals surface area (Å²) in [6, 6.07) is 16.4. The Kier molecular flexibility index (Phi) is 4.89. The van der Waals surface area contributed by atoms with Crippen LogP contribution in [0.15, 0.2) is 60.8 Å². The molecule has 0 bridgehead atoms. The average Bonchev–Trinajstić information content (AvgIpc) is 3.10. The molecule has 0 saturated carbocycles. The molecule has 2 N–H and O–H groups in total. The Morgan fingerprint density at radius 1 is 1.19 bits per heavy atom. The van der Waals surface area contributed by atoms with Crippen molar-refractivity contribution < 1.29 is 14.6 Å². The lowest BCUT2D eigenvalue weighted by atomic mass is 10.1. The molecule has 27 heavy (non-hydrogen) atoms. The average molecular weight is 363 g/mol. The highest BCUT2D eigenvalue weighted by Gasteiger charge is 2.25. The second-order valence-electron chi connectivity index (χ2n) is 6.59. The second-order valence-corrected chi connectivity index (χ2v) is 6.59. The number of hydrogen-bond donors (Lipinski definition) is 2. The molecule has 1 aliphatic rings. The van der Waals surface area contributed by atoms with Gasteiger partial charge in [0.15, 0.2) is 0 Å². The van der Waals surface area contributed by atoms with E-state index in [9.17, 15) is 9.90 Å². The highest BCUT2D eigenvalue weighted by molar-refractivity contribution is 5.94. The smallest absolute Gasteiger partial charge is 0.251 e. The fourth-order valence-electron chi connectivity index (χ4n) is 3.24. The summed E-state index contributed by atoms with van der Waals surface area (Å²) in [6.07, 6.45) is 2.64. The summed E-state index contributed by atoms with van der Waals surface area (Å²) in [5, 5.41) is 16.9. The number of hydrogen-bond acceptors (Lipinski definition) is 4. The van der Waals surface area contributed by atoms with Crippen LogP contribution in [0.4, 0.5) is 0 Å². The van der Waals surface area contributed by atoms with E-state index >= 15 is 0 Å². The molecule has 0 radical (unpaired) electrons. The van der Waals surface area contributed by atoms with Gasteiger partial charge in [0.2, 0.25) is 0 Å². The van der Waals surface area contributed by atoms with Gasteiger partial charge in [0.1, 0.15) is 11.9 Å². The number of fused-ring (bicyclic) bond motifs is 1. The molecule has 6 nitrogen and oxygen atoms in total. The zero-order valence-corrected chi connectivity index (χ0v) is 14.8. The first-order valence-corrected chi connectivity index (χ1v) is 8.98. The normalized spacial score (nSPS) is 15.9. The van der Waals surface area contributed by atoms with E-state index in [1.165, 1.54) is 23.3 Å². The van der Waals surface area contributed by atoms with Crippen LogP contribution in [-0.4, -0.2) is 33.9 Å². The van der Waals surface area contributed by atoms with Crippen LogP contribution in [0, 0.1) is 0 Å². The zero-order chi connectivity index (χ0) is 18.6. The largest absolute Gasteiger partial charge is 0.508 e. The van der Waals surface area contributed by atoms with Crippen molar-refractivity contribution in [1.82, 2.24) is 15.1 Å². The lowest BCUT2D eigenvalue weighted by Crippen LogP contribution is -2.31. The molecule has 4 rings (SSSR count). The highest BCUT2D eigenvalue weighted by Crippen LogP contribution is 2.25. The molecule has 6 heteroatoms. The van der Waals surface area contributed by atoms with Crippen LogP contribution in [0.25, 0.3) is 0 Å². The third kappa shape index (κ3) is 4.01. The van der Waals surface area contributed by atoms with Crippen molar-refractivity contribution in [2.45, 2.75) is 19.1 Å². The SMILES string of the molecule is O=C(NCC1OCCc2cn(Cc3ccccc3)nc21)c1ccc(O)cc1. The van der Waals surface area contributed by atoms with Crippen LogP contribution in [0.5, 0.6) is 5.75 Å². The maximum Gasteiger partial charge on any atom is 0.251 e. The Hall–Kier alpha value is -3.12. The van der Waals surface area contributed by atoms with Crippen LogP contribution in [0.1, 0.15) is 33.3 Å². The third-order valence-corrected chi connectivity index (χ3v) is 4.63. The predicted molar refractivity (Wildman–Crippen MR) is 101 cm³/mol. The number of rotatable bonds is 5. The van der Waals surface area contributed by atoms with Crippen molar-refractivity contribution in [2.24, 2.45) is 0 Å². The van der Waals surface area contributed by atoms with Gasteiger partial charge in [0.25, 0.3) is 5.91 Å². The summed E-state index contributed by atoms with van der Waals surface area (Å²) in [7, 11) is 0. The van der Waals surface area contributed by atoms with Gasteiger partial charge in [0.05, 0.1) is 18.8 Å². The molecular weight excluding hydrogens is 342 g/mol. The number of carbonyl (C=O) groups is 1. The Morgan fingerprint density at radius 2 is 1.96 bits per heavy atom. The van der Waals surface area contributed by atoms with Crippen molar-refractivity contribution in [3.05, 3.63) is 83.2 Å². The van der Waals surface area contributed by atoms with E-state index in [-0.39, 0.29) is 17.8 Å². The number of benzene rings is 2. The molecule has 1 aliphatic heterocycles. The number of nitrogens with one attached hydrogen (secondary N) is 1. The number of aromatic hydroxyl groups is 1. The summed E-state index contributed by atoms with van der Waals surface area (Å²) in [6.45, 7) is 1.68. The fourth-order valence-corrected chi connectivity index (χ4v) is 3.24. The van der Waals surface area contributed by atoms with Crippen molar-refractivity contribution in [3.8, 4) is 5.75 Å². The first-order valence-electron chi connectivity index (χ1n) is 8.98. The monoisotopic (exact) mass is 363 g/mol. The molecule has 1 amide bonds. The molecule has 0 spiro atoms. The van der Waals surface area contributed by atoms with Crippen molar-refractivity contribution >= 4 is 5.91 Å². The van der Waals surface area contributed by atoms with E-state index in [2.05, 4.69) is 23.6 Å². The fraction of sp³-hybridized carbons (Fsp3) is 0.238. The maximum atomic E-state index is 12.3.